The van der Waals surface area contributed by atoms with Crippen molar-refractivity contribution < 1.29 is 19.7 Å². The molecular formula is C28H40N2O4. The number of fused-ring (bicyclic) bond motifs is 2. The average molecular weight is 469 g/mol. The Hall–Kier alpha value is -2.44. The molecule has 0 fully saturated rings. The standard InChI is InChI=1S/C28H40N2O4/c1-2-16-30(22-12-13-24-21(18-22)11-14-25(31)28(24)32)17-8-4-3-7-15-29-19-23-20-33-26-9-5-6-10-27(26)34-23/h5-6,9-11,14,22-23,29,31-32H,2-4,7-8,12-13,15-20H2,1H3/t22-,23?/m0/s1. The number of unbranched alkanes of at least 4 members (excludes halogenated alkanes) is 3. The summed E-state index contributed by atoms with van der Waals surface area (Å²) in [5, 5.41) is 23.5. The summed E-state index contributed by atoms with van der Waals surface area (Å²) in [6, 6.07) is 12.0. The molecule has 0 radical (unpaired) electrons. The van der Waals surface area contributed by atoms with Crippen molar-refractivity contribution in [3.8, 4) is 23.0 Å². The highest BCUT2D eigenvalue weighted by atomic mass is 16.6. The van der Waals surface area contributed by atoms with Crippen LogP contribution in [-0.2, 0) is 12.8 Å². The highest BCUT2D eigenvalue weighted by molar-refractivity contribution is 5.50. The number of benzene rings is 2. The minimum absolute atomic E-state index is 0.00189. The molecule has 0 aromatic heterocycles. The first-order valence-corrected chi connectivity index (χ1v) is 13.0. The van der Waals surface area contributed by atoms with Crippen molar-refractivity contribution in [1.82, 2.24) is 10.2 Å². The molecule has 6 nitrogen and oxygen atoms in total. The second-order valence-electron chi connectivity index (χ2n) is 9.62. The van der Waals surface area contributed by atoms with Gasteiger partial charge in [0.1, 0.15) is 12.7 Å². The quantitative estimate of drug-likeness (QED) is 0.311. The lowest BCUT2D eigenvalue weighted by Crippen LogP contribution is -2.40. The van der Waals surface area contributed by atoms with Crippen LogP contribution < -0.4 is 14.8 Å². The Kier molecular flexibility index (Phi) is 8.94. The molecule has 1 heterocycles. The topological polar surface area (TPSA) is 74.2 Å². The molecule has 1 aliphatic carbocycles. The van der Waals surface area contributed by atoms with Crippen molar-refractivity contribution in [2.24, 2.45) is 0 Å². The number of nitrogens with zero attached hydrogens (tertiary/aromatic N) is 1. The molecule has 2 atom stereocenters. The third-order valence-electron chi connectivity index (χ3n) is 7.06. The van der Waals surface area contributed by atoms with Crippen LogP contribution in [-0.4, -0.2) is 60.0 Å². The lowest BCUT2D eigenvalue weighted by molar-refractivity contribution is 0.0905. The van der Waals surface area contributed by atoms with Crippen LogP contribution in [0.25, 0.3) is 0 Å². The van der Waals surface area contributed by atoms with Gasteiger partial charge in [-0.1, -0.05) is 38.0 Å². The van der Waals surface area contributed by atoms with E-state index >= 15 is 0 Å². The van der Waals surface area contributed by atoms with Crippen molar-refractivity contribution in [2.45, 2.75) is 70.4 Å². The first-order valence-electron chi connectivity index (χ1n) is 13.0. The van der Waals surface area contributed by atoms with Crippen molar-refractivity contribution in [3.63, 3.8) is 0 Å². The Labute approximate surface area is 203 Å². The fraction of sp³-hybridized carbons (Fsp3) is 0.571. The molecule has 2 aliphatic rings. The third-order valence-corrected chi connectivity index (χ3v) is 7.06. The van der Waals surface area contributed by atoms with Gasteiger partial charge in [-0.3, -0.25) is 0 Å². The molecule has 34 heavy (non-hydrogen) atoms. The zero-order valence-electron chi connectivity index (χ0n) is 20.5. The van der Waals surface area contributed by atoms with Gasteiger partial charge in [0.15, 0.2) is 23.0 Å². The number of rotatable bonds is 12. The molecule has 0 amide bonds. The van der Waals surface area contributed by atoms with Crippen LogP contribution in [0.3, 0.4) is 0 Å². The van der Waals surface area contributed by atoms with Gasteiger partial charge in [-0.25, -0.2) is 0 Å². The molecule has 3 N–H and O–H groups in total. The SMILES string of the molecule is CCCN(CCCCCCNCC1COc2ccccc2O1)[C@H]1CCc2c(ccc(O)c2O)C1. The van der Waals surface area contributed by atoms with E-state index in [0.29, 0.717) is 12.6 Å². The molecule has 0 saturated heterocycles. The molecule has 0 spiro atoms. The molecule has 2 aromatic rings. The molecule has 6 heteroatoms. The highest BCUT2D eigenvalue weighted by Crippen LogP contribution is 2.37. The molecule has 1 aliphatic heterocycles. The molecule has 0 saturated carbocycles. The summed E-state index contributed by atoms with van der Waals surface area (Å²) in [7, 11) is 0. The Bertz CT molecular complexity index is 919. The number of phenolic OH excluding ortho intramolecular Hbond substituents is 2. The van der Waals surface area contributed by atoms with Crippen LogP contribution in [0.15, 0.2) is 36.4 Å². The molecular weight excluding hydrogens is 428 g/mol. The van der Waals surface area contributed by atoms with Gasteiger partial charge in [0, 0.05) is 18.2 Å². The van der Waals surface area contributed by atoms with Gasteiger partial charge < -0.3 is 29.9 Å². The lowest BCUT2D eigenvalue weighted by atomic mass is 9.86. The molecule has 2 aromatic carbocycles. The van der Waals surface area contributed by atoms with E-state index in [4.69, 9.17) is 9.47 Å². The Morgan fingerprint density at radius 2 is 1.82 bits per heavy atom. The molecule has 0 bridgehead atoms. The Morgan fingerprint density at radius 3 is 2.68 bits per heavy atom. The normalized spacial score (nSPS) is 19.2. The largest absolute Gasteiger partial charge is 0.504 e. The Balaban J connectivity index is 1.10. The summed E-state index contributed by atoms with van der Waals surface area (Å²) in [5.74, 6) is 1.76. The van der Waals surface area contributed by atoms with Gasteiger partial charge in [-0.05, 0) is 81.9 Å². The van der Waals surface area contributed by atoms with Crippen molar-refractivity contribution in [2.75, 3.05) is 32.8 Å². The second-order valence-corrected chi connectivity index (χ2v) is 9.62. The highest BCUT2D eigenvalue weighted by Gasteiger charge is 2.26. The zero-order chi connectivity index (χ0) is 23.8. The van der Waals surface area contributed by atoms with E-state index in [1.165, 1.54) is 31.2 Å². The van der Waals surface area contributed by atoms with Gasteiger partial charge in [0.05, 0.1) is 0 Å². The van der Waals surface area contributed by atoms with E-state index in [9.17, 15) is 10.2 Å². The predicted octanol–water partition coefficient (Wildman–Crippen LogP) is 4.66. The number of phenols is 2. The fourth-order valence-electron chi connectivity index (χ4n) is 5.22. The van der Waals surface area contributed by atoms with Crippen LogP contribution in [0.2, 0.25) is 0 Å². The summed E-state index contributed by atoms with van der Waals surface area (Å²) in [6.07, 6.45) is 8.96. The number of para-hydroxylation sites is 2. The molecule has 186 valence electrons. The van der Waals surface area contributed by atoms with Gasteiger partial charge in [-0.2, -0.15) is 0 Å². The van der Waals surface area contributed by atoms with Crippen LogP contribution in [0.1, 0.15) is 56.6 Å². The third kappa shape index (κ3) is 6.36. The predicted molar refractivity (Wildman–Crippen MR) is 135 cm³/mol. The number of ether oxygens (including phenoxy) is 2. The van der Waals surface area contributed by atoms with Crippen molar-refractivity contribution in [1.29, 1.82) is 0 Å². The van der Waals surface area contributed by atoms with E-state index in [1.54, 1.807) is 6.07 Å². The maximum absolute atomic E-state index is 10.2. The summed E-state index contributed by atoms with van der Waals surface area (Å²) in [6.45, 7) is 6.93. The average Bonchev–Trinajstić information content (AvgIpc) is 2.87. The second kappa shape index (κ2) is 12.3. The fourth-order valence-corrected chi connectivity index (χ4v) is 5.22. The van der Waals surface area contributed by atoms with Crippen LogP contribution in [0.5, 0.6) is 23.0 Å². The maximum atomic E-state index is 10.2. The van der Waals surface area contributed by atoms with Crippen LogP contribution >= 0.6 is 0 Å². The monoisotopic (exact) mass is 468 g/mol. The molecule has 4 rings (SSSR count). The van der Waals surface area contributed by atoms with Crippen molar-refractivity contribution in [3.05, 3.63) is 47.5 Å². The van der Waals surface area contributed by atoms with Gasteiger partial charge in [0.2, 0.25) is 0 Å². The van der Waals surface area contributed by atoms with Crippen LogP contribution in [0.4, 0.5) is 0 Å². The lowest BCUT2D eigenvalue weighted by Gasteiger charge is -2.35. The van der Waals surface area contributed by atoms with E-state index in [1.807, 2.05) is 30.3 Å². The maximum Gasteiger partial charge on any atom is 0.161 e. The Morgan fingerprint density at radius 1 is 1.00 bits per heavy atom. The number of hydrogen-bond acceptors (Lipinski definition) is 6. The van der Waals surface area contributed by atoms with Crippen molar-refractivity contribution >= 4 is 0 Å². The van der Waals surface area contributed by atoms with E-state index in [2.05, 4.69) is 17.1 Å². The number of hydrogen-bond donors (Lipinski definition) is 3. The summed E-state index contributed by atoms with van der Waals surface area (Å²) in [5.41, 5.74) is 2.13. The van der Waals surface area contributed by atoms with E-state index in [0.717, 1.165) is 68.9 Å². The first kappa shape index (κ1) is 24.7. The summed E-state index contributed by atoms with van der Waals surface area (Å²) < 4.78 is 11.8. The van der Waals surface area contributed by atoms with Gasteiger partial charge in [-0.15, -0.1) is 0 Å². The van der Waals surface area contributed by atoms with Crippen LogP contribution in [0, 0.1) is 0 Å². The smallest absolute Gasteiger partial charge is 0.161 e. The van der Waals surface area contributed by atoms with Gasteiger partial charge in [0.25, 0.3) is 0 Å². The minimum atomic E-state index is 0.00189. The number of nitrogens with one attached hydrogen (secondary N) is 1. The molecule has 1 unspecified atom stereocenters. The zero-order valence-corrected chi connectivity index (χ0v) is 20.5. The van der Waals surface area contributed by atoms with E-state index in [-0.39, 0.29) is 17.6 Å². The first-order chi connectivity index (χ1) is 16.7. The van der Waals surface area contributed by atoms with Gasteiger partial charge >= 0.3 is 0 Å². The summed E-state index contributed by atoms with van der Waals surface area (Å²) in [4.78, 5) is 2.64. The minimum Gasteiger partial charge on any atom is -0.504 e. The summed E-state index contributed by atoms with van der Waals surface area (Å²) >= 11 is 0. The van der Waals surface area contributed by atoms with E-state index < -0.39 is 0 Å². The number of aromatic hydroxyl groups is 2.